The Bertz CT molecular complexity index is 987. The summed E-state index contributed by atoms with van der Waals surface area (Å²) in [5.41, 5.74) is 0.307. The number of halogens is 1. The summed E-state index contributed by atoms with van der Waals surface area (Å²) < 4.78 is 19.5. The van der Waals surface area contributed by atoms with Crippen LogP contribution in [0.3, 0.4) is 0 Å². The molecule has 0 aliphatic carbocycles. The highest BCUT2D eigenvalue weighted by molar-refractivity contribution is 5.94. The summed E-state index contributed by atoms with van der Waals surface area (Å²) in [6.07, 6.45) is 0. The third-order valence-electron chi connectivity index (χ3n) is 3.62. The van der Waals surface area contributed by atoms with Crippen molar-refractivity contribution in [2.75, 3.05) is 13.7 Å². The predicted octanol–water partition coefficient (Wildman–Crippen LogP) is 1.37. The zero-order chi connectivity index (χ0) is 17.8. The first-order chi connectivity index (χ1) is 12.1. The summed E-state index contributed by atoms with van der Waals surface area (Å²) in [6.45, 7) is 0.291. The molecule has 0 aliphatic heterocycles. The van der Waals surface area contributed by atoms with Gasteiger partial charge in [0.25, 0.3) is 11.5 Å². The lowest BCUT2D eigenvalue weighted by atomic mass is 10.2. The molecule has 0 spiro atoms. The molecule has 3 aromatic rings. The highest BCUT2D eigenvalue weighted by Crippen LogP contribution is 2.12. The van der Waals surface area contributed by atoms with Gasteiger partial charge in [-0.2, -0.15) is 0 Å². The smallest absolute Gasteiger partial charge is 0.277 e. The second kappa shape index (κ2) is 7.08. The summed E-state index contributed by atoms with van der Waals surface area (Å²) >= 11 is 0. The maximum Gasteiger partial charge on any atom is 0.277 e. The second-order valence-corrected chi connectivity index (χ2v) is 5.27. The molecule has 3 rings (SSSR count). The largest absolute Gasteiger partial charge is 0.497 e. The Morgan fingerprint density at radius 3 is 2.92 bits per heavy atom. The average molecular weight is 342 g/mol. The molecule has 0 radical (unpaired) electrons. The molecular weight excluding hydrogens is 327 g/mol. The van der Waals surface area contributed by atoms with E-state index in [0.717, 1.165) is 10.7 Å². The Hall–Kier alpha value is -3.29. The standard InChI is InChI=1S/C17H15FN4O3/c1-25-13-4-2-3-11(9-13)16(23)19-7-8-22-17(24)14-10-12(18)5-6-15(14)20-21-22/h2-6,9-10H,7-8H2,1H3,(H,19,23). The average Bonchev–Trinajstić information content (AvgIpc) is 2.64. The molecule has 0 aliphatic rings. The summed E-state index contributed by atoms with van der Waals surface area (Å²) in [5.74, 6) is -0.242. The lowest BCUT2D eigenvalue weighted by Gasteiger charge is -2.08. The van der Waals surface area contributed by atoms with Crippen LogP contribution in [0.5, 0.6) is 5.75 Å². The molecule has 2 aromatic carbocycles. The molecule has 1 amide bonds. The van der Waals surface area contributed by atoms with Crippen molar-refractivity contribution in [1.29, 1.82) is 0 Å². The molecule has 1 aromatic heterocycles. The van der Waals surface area contributed by atoms with Crippen LogP contribution in [-0.2, 0) is 6.54 Å². The Morgan fingerprint density at radius 2 is 2.12 bits per heavy atom. The maximum atomic E-state index is 13.3. The monoisotopic (exact) mass is 342 g/mol. The SMILES string of the molecule is COc1cccc(C(=O)NCCn2nnc3ccc(F)cc3c2=O)c1. The Labute approximate surface area is 142 Å². The summed E-state index contributed by atoms with van der Waals surface area (Å²) in [4.78, 5) is 24.4. The van der Waals surface area contributed by atoms with Gasteiger partial charge in [0.05, 0.1) is 19.0 Å². The van der Waals surface area contributed by atoms with Crippen LogP contribution < -0.4 is 15.6 Å². The number of ether oxygens (including phenoxy) is 1. The number of rotatable bonds is 5. The van der Waals surface area contributed by atoms with Gasteiger partial charge in [0, 0.05) is 12.1 Å². The van der Waals surface area contributed by atoms with E-state index in [1.807, 2.05) is 0 Å². The zero-order valence-corrected chi connectivity index (χ0v) is 13.4. The van der Waals surface area contributed by atoms with Gasteiger partial charge in [0.2, 0.25) is 0 Å². The van der Waals surface area contributed by atoms with Crippen LogP contribution in [-0.4, -0.2) is 34.6 Å². The first-order valence-electron chi connectivity index (χ1n) is 7.54. The van der Waals surface area contributed by atoms with E-state index in [9.17, 15) is 14.0 Å². The molecule has 0 fully saturated rings. The Balaban J connectivity index is 1.69. The fourth-order valence-electron chi connectivity index (χ4n) is 2.34. The van der Waals surface area contributed by atoms with Crippen molar-refractivity contribution in [3.8, 4) is 5.75 Å². The van der Waals surface area contributed by atoms with E-state index in [-0.39, 0.29) is 24.4 Å². The number of amides is 1. The first kappa shape index (κ1) is 16.6. The Morgan fingerprint density at radius 1 is 1.28 bits per heavy atom. The molecule has 1 N–H and O–H groups in total. The first-order valence-corrected chi connectivity index (χ1v) is 7.54. The third kappa shape index (κ3) is 3.63. The van der Waals surface area contributed by atoms with Crippen LogP contribution in [0.4, 0.5) is 4.39 Å². The summed E-state index contributed by atoms with van der Waals surface area (Å²) in [7, 11) is 1.52. The zero-order valence-electron chi connectivity index (χ0n) is 13.4. The number of benzene rings is 2. The summed E-state index contributed by atoms with van der Waals surface area (Å²) in [6, 6.07) is 10.4. The molecule has 8 heteroatoms. The van der Waals surface area contributed by atoms with Gasteiger partial charge >= 0.3 is 0 Å². The van der Waals surface area contributed by atoms with E-state index in [2.05, 4.69) is 15.6 Å². The number of carbonyl (C=O) groups is 1. The highest BCUT2D eigenvalue weighted by Gasteiger charge is 2.09. The molecule has 0 saturated carbocycles. The van der Waals surface area contributed by atoms with E-state index in [0.29, 0.717) is 16.8 Å². The van der Waals surface area contributed by atoms with E-state index < -0.39 is 11.4 Å². The van der Waals surface area contributed by atoms with Crippen molar-refractivity contribution in [3.63, 3.8) is 0 Å². The van der Waals surface area contributed by atoms with Gasteiger partial charge in [0.1, 0.15) is 17.1 Å². The van der Waals surface area contributed by atoms with Gasteiger partial charge in [-0.1, -0.05) is 11.3 Å². The lowest BCUT2D eigenvalue weighted by molar-refractivity contribution is 0.0951. The van der Waals surface area contributed by atoms with Gasteiger partial charge in [-0.05, 0) is 36.4 Å². The summed E-state index contributed by atoms with van der Waals surface area (Å²) in [5, 5.41) is 10.5. The number of fused-ring (bicyclic) bond motifs is 1. The number of aromatic nitrogens is 3. The van der Waals surface area contributed by atoms with Gasteiger partial charge in [0.15, 0.2) is 0 Å². The second-order valence-electron chi connectivity index (χ2n) is 5.27. The van der Waals surface area contributed by atoms with Crippen LogP contribution in [0.2, 0.25) is 0 Å². The number of methoxy groups -OCH3 is 1. The van der Waals surface area contributed by atoms with Crippen LogP contribution in [0.1, 0.15) is 10.4 Å². The molecule has 0 bridgehead atoms. The lowest BCUT2D eigenvalue weighted by Crippen LogP contribution is -2.32. The minimum Gasteiger partial charge on any atom is -0.497 e. The molecule has 0 saturated heterocycles. The van der Waals surface area contributed by atoms with Gasteiger partial charge in [-0.25, -0.2) is 9.07 Å². The predicted molar refractivity (Wildman–Crippen MR) is 89.1 cm³/mol. The van der Waals surface area contributed by atoms with Crippen LogP contribution in [0.15, 0.2) is 47.3 Å². The molecule has 7 nitrogen and oxygen atoms in total. The van der Waals surface area contributed by atoms with Crippen LogP contribution in [0.25, 0.3) is 10.9 Å². The quantitative estimate of drug-likeness (QED) is 0.757. The number of hydrogen-bond acceptors (Lipinski definition) is 5. The number of hydrogen-bond donors (Lipinski definition) is 1. The van der Waals surface area contributed by atoms with E-state index in [1.165, 1.54) is 19.2 Å². The van der Waals surface area contributed by atoms with Gasteiger partial charge in [-0.15, -0.1) is 5.10 Å². The number of carbonyl (C=O) groups excluding carboxylic acids is 1. The molecular formula is C17H15FN4O3. The third-order valence-corrected chi connectivity index (χ3v) is 3.62. The maximum absolute atomic E-state index is 13.3. The number of nitrogens with one attached hydrogen (secondary N) is 1. The van der Waals surface area contributed by atoms with Crippen molar-refractivity contribution in [2.45, 2.75) is 6.54 Å². The van der Waals surface area contributed by atoms with Crippen molar-refractivity contribution >= 4 is 16.8 Å². The van der Waals surface area contributed by atoms with Crippen molar-refractivity contribution in [3.05, 3.63) is 64.2 Å². The van der Waals surface area contributed by atoms with E-state index >= 15 is 0 Å². The van der Waals surface area contributed by atoms with Gasteiger partial charge < -0.3 is 10.1 Å². The van der Waals surface area contributed by atoms with Crippen molar-refractivity contribution < 1.29 is 13.9 Å². The fourth-order valence-corrected chi connectivity index (χ4v) is 2.34. The van der Waals surface area contributed by atoms with Crippen LogP contribution >= 0.6 is 0 Å². The van der Waals surface area contributed by atoms with Crippen molar-refractivity contribution in [1.82, 2.24) is 20.3 Å². The molecule has 0 unspecified atom stereocenters. The Kier molecular flexibility index (Phi) is 4.69. The topological polar surface area (TPSA) is 86.1 Å². The van der Waals surface area contributed by atoms with E-state index in [4.69, 9.17) is 4.74 Å². The highest BCUT2D eigenvalue weighted by atomic mass is 19.1. The van der Waals surface area contributed by atoms with Crippen LogP contribution in [0, 0.1) is 5.82 Å². The van der Waals surface area contributed by atoms with Crippen molar-refractivity contribution in [2.24, 2.45) is 0 Å². The molecule has 25 heavy (non-hydrogen) atoms. The minimum absolute atomic E-state index is 0.119. The van der Waals surface area contributed by atoms with Gasteiger partial charge in [-0.3, -0.25) is 9.59 Å². The molecule has 1 heterocycles. The molecule has 0 atom stereocenters. The normalized spacial score (nSPS) is 10.6. The van der Waals surface area contributed by atoms with E-state index in [1.54, 1.807) is 24.3 Å². The number of nitrogens with zero attached hydrogens (tertiary/aromatic N) is 3. The fraction of sp³-hybridized carbons (Fsp3) is 0.176. The molecule has 128 valence electrons. The minimum atomic E-state index is -0.518.